The smallest absolute Gasteiger partial charge is 0.407 e. The van der Waals surface area contributed by atoms with Crippen molar-refractivity contribution in [1.29, 1.82) is 0 Å². The Morgan fingerprint density at radius 2 is 1.49 bits per heavy atom. The summed E-state index contributed by atoms with van der Waals surface area (Å²) in [5.41, 5.74) is 5.49. The number of benzene rings is 3. The molecule has 7 heteroatoms. The average molecular weight is 529 g/mol. The first-order chi connectivity index (χ1) is 18.8. The summed E-state index contributed by atoms with van der Waals surface area (Å²) in [4.78, 5) is 38.7. The molecule has 1 aliphatic carbocycles. The molecule has 0 aliphatic heterocycles. The van der Waals surface area contributed by atoms with E-state index in [4.69, 9.17) is 4.74 Å². The third-order valence-electron chi connectivity index (χ3n) is 7.04. The van der Waals surface area contributed by atoms with Crippen LogP contribution in [0.1, 0.15) is 49.3 Å². The van der Waals surface area contributed by atoms with Gasteiger partial charge in [0, 0.05) is 25.4 Å². The maximum absolute atomic E-state index is 13.2. The quantitative estimate of drug-likeness (QED) is 0.315. The van der Waals surface area contributed by atoms with Crippen LogP contribution in [-0.2, 0) is 20.9 Å². The number of hydrogen-bond donors (Lipinski definition) is 2. The third-order valence-corrected chi connectivity index (χ3v) is 7.04. The summed E-state index contributed by atoms with van der Waals surface area (Å²) < 4.78 is 5.66. The highest BCUT2D eigenvalue weighted by Gasteiger charge is 2.29. The molecule has 0 radical (unpaired) electrons. The van der Waals surface area contributed by atoms with Crippen LogP contribution in [0.2, 0.25) is 0 Å². The van der Waals surface area contributed by atoms with Gasteiger partial charge in [-0.25, -0.2) is 4.79 Å². The van der Waals surface area contributed by atoms with Gasteiger partial charge in [-0.15, -0.1) is 0 Å². The van der Waals surface area contributed by atoms with Gasteiger partial charge in [0.15, 0.2) is 0 Å². The Balaban J connectivity index is 1.35. The van der Waals surface area contributed by atoms with Crippen LogP contribution in [0.25, 0.3) is 11.1 Å². The lowest BCUT2D eigenvalue weighted by atomic mass is 9.93. The molecule has 0 heterocycles. The molecule has 3 aromatic carbocycles. The molecule has 1 unspecified atom stereocenters. The number of carboxylic acid groups (broad SMARTS) is 1. The monoisotopic (exact) mass is 528 g/mol. The topological polar surface area (TPSA) is 95.9 Å². The van der Waals surface area contributed by atoms with Gasteiger partial charge in [-0.05, 0) is 46.1 Å². The van der Waals surface area contributed by atoms with Crippen molar-refractivity contribution in [2.75, 3.05) is 19.7 Å². The zero-order valence-electron chi connectivity index (χ0n) is 22.5. The largest absolute Gasteiger partial charge is 0.480 e. The number of ether oxygens (including phenoxy) is 1. The van der Waals surface area contributed by atoms with Gasteiger partial charge in [0.05, 0.1) is 0 Å². The minimum absolute atomic E-state index is 0.0289. The average Bonchev–Trinajstić information content (AvgIpc) is 3.24. The van der Waals surface area contributed by atoms with Crippen LogP contribution < -0.4 is 5.32 Å². The predicted molar refractivity (Wildman–Crippen MR) is 150 cm³/mol. The summed E-state index contributed by atoms with van der Waals surface area (Å²) in [7, 11) is 0. The van der Waals surface area contributed by atoms with E-state index in [1.165, 1.54) is 16.0 Å². The van der Waals surface area contributed by atoms with Crippen LogP contribution in [0, 0.1) is 11.8 Å². The van der Waals surface area contributed by atoms with Crippen molar-refractivity contribution in [3.05, 3.63) is 95.6 Å². The van der Waals surface area contributed by atoms with Crippen LogP contribution in [0.5, 0.6) is 0 Å². The van der Waals surface area contributed by atoms with Crippen molar-refractivity contribution in [2.45, 2.75) is 39.2 Å². The fourth-order valence-corrected chi connectivity index (χ4v) is 5.36. The van der Waals surface area contributed by atoms with Crippen LogP contribution in [0.3, 0.4) is 0 Å². The number of carboxylic acids is 1. The number of carbonyl (C=O) groups excluding carboxylic acids is 2. The Bertz CT molecular complexity index is 1240. The second kappa shape index (κ2) is 13.1. The van der Waals surface area contributed by atoms with E-state index >= 15 is 0 Å². The first kappa shape index (κ1) is 27.9. The van der Waals surface area contributed by atoms with Gasteiger partial charge in [0.25, 0.3) is 0 Å². The number of hydrogen-bond acceptors (Lipinski definition) is 4. The molecular formula is C32H36N2O5. The van der Waals surface area contributed by atoms with E-state index in [9.17, 15) is 19.5 Å². The molecule has 204 valence electrons. The Kier molecular flexibility index (Phi) is 9.36. The van der Waals surface area contributed by atoms with Crippen molar-refractivity contribution in [3.63, 3.8) is 0 Å². The van der Waals surface area contributed by atoms with Gasteiger partial charge in [0.2, 0.25) is 5.91 Å². The lowest BCUT2D eigenvalue weighted by molar-refractivity contribution is -0.145. The van der Waals surface area contributed by atoms with E-state index < -0.39 is 12.1 Å². The molecule has 39 heavy (non-hydrogen) atoms. The van der Waals surface area contributed by atoms with Crippen LogP contribution in [0.15, 0.2) is 78.9 Å². The number of nitrogens with zero attached hydrogens (tertiary/aromatic N) is 1. The van der Waals surface area contributed by atoms with E-state index in [1.807, 2.05) is 54.6 Å². The highest BCUT2D eigenvalue weighted by atomic mass is 16.5. The van der Waals surface area contributed by atoms with Gasteiger partial charge in [-0.2, -0.15) is 0 Å². The lowest BCUT2D eigenvalue weighted by Crippen LogP contribution is -2.38. The minimum atomic E-state index is -1.06. The number of rotatable bonds is 12. The summed E-state index contributed by atoms with van der Waals surface area (Å²) in [6.45, 7) is 4.46. The fourth-order valence-electron chi connectivity index (χ4n) is 5.36. The molecule has 0 bridgehead atoms. The summed E-state index contributed by atoms with van der Waals surface area (Å²) in [6, 6.07) is 25.7. The van der Waals surface area contributed by atoms with Crippen LogP contribution in [0.4, 0.5) is 4.79 Å². The lowest BCUT2D eigenvalue weighted by Gasteiger charge is -2.25. The van der Waals surface area contributed by atoms with E-state index in [-0.39, 0.29) is 50.4 Å². The highest BCUT2D eigenvalue weighted by molar-refractivity contribution is 5.82. The molecule has 7 nitrogen and oxygen atoms in total. The number of aliphatic carboxylic acids is 1. The number of fused-ring (bicyclic) bond motifs is 3. The third kappa shape index (κ3) is 7.47. The second-order valence-corrected chi connectivity index (χ2v) is 10.5. The summed E-state index contributed by atoms with van der Waals surface area (Å²) in [5, 5.41) is 12.2. The normalized spacial score (nSPS) is 12.9. The Hall–Kier alpha value is -4.13. The standard InChI is InChI=1S/C32H36N2O5/c1-22(2)16-24(17-30(35)34(20-31(36)37)19-23-10-4-3-5-11-23)18-33-32(38)39-21-29-27-14-8-6-12-25(27)26-13-7-9-15-28(26)29/h3-15,22,24,29H,16-21H2,1-2H3,(H,33,38)(H,36,37). The van der Waals surface area contributed by atoms with Gasteiger partial charge in [-0.3, -0.25) is 9.59 Å². The van der Waals surface area contributed by atoms with Crippen molar-refractivity contribution in [2.24, 2.45) is 11.8 Å². The first-order valence-electron chi connectivity index (χ1n) is 13.4. The van der Waals surface area contributed by atoms with Crippen molar-refractivity contribution < 1.29 is 24.2 Å². The van der Waals surface area contributed by atoms with Crippen LogP contribution in [-0.4, -0.2) is 47.7 Å². The van der Waals surface area contributed by atoms with E-state index in [1.54, 1.807) is 0 Å². The molecule has 4 rings (SSSR count). The van der Waals surface area contributed by atoms with Gasteiger partial charge < -0.3 is 20.1 Å². The van der Waals surface area contributed by atoms with Gasteiger partial charge in [-0.1, -0.05) is 92.7 Å². The molecular weight excluding hydrogens is 492 g/mol. The Morgan fingerprint density at radius 3 is 2.08 bits per heavy atom. The van der Waals surface area contributed by atoms with E-state index in [0.29, 0.717) is 12.3 Å². The van der Waals surface area contributed by atoms with Gasteiger partial charge >= 0.3 is 12.1 Å². The number of carbonyl (C=O) groups is 3. The van der Waals surface area contributed by atoms with Crippen molar-refractivity contribution in [1.82, 2.24) is 10.2 Å². The second-order valence-electron chi connectivity index (χ2n) is 10.5. The van der Waals surface area contributed by atoms with E-state index in [2.05, 4.69) is 43.4 Å². The maximum Gasteiger partial charge on any atom is 0.407 e. The predicted octanol–water partition coefficient (Wildman–Crippen LogP) is 5.69. The van der Waals surface area contributed by atoms with Crippen molar-refractivity contribution in [3.8, 4) is 11.1 Å². The number of amides is 2. The Labute approximate surface area is 229 Å². The summed E-state index contributed by atoms with van der Waals surface area (Å²) >= 11 is 0. The molecule has 2 N–H and O–H groups in total. The number of alkyl carbamates (subject to hydrolysis) is 1. The summed E-state index contributed by atoms with van der Waals surface area (Å²) in [6.07, 6.45) is 0.327. The number of nitrogens with one attached hydrogen (secondary N) is 1. The zero-order valence-corrected chi connectivity index (χ0v) is 22.5. The van der Waals surface area contributed by atoms with Gasteiger partial charge in [0.1, 0.15) is 13.2 Å². The molecule has 1 aliphatic rings. The molecule has 0 fully saturated rings. The van der Waals surface area contributed by atoms with Crippen LogP contribution >= 0.6 is 0 Å². The van der Waals surface area contributed by atoms with Crippen molar-refractivity contribution >= 4 is 18.0 Å². The summed E-state index contributed by atoms with van der Waals surface area (Å²) in [5.74, 6) is -1.18. The maximum atomic E-state index is 13.2. The zero-order chi connectivity index (χ0) is 27.8. The SMILES string of the molecule is CC(C)CC(CNC(=O)OCC1c2ccccc2-c2ccccc21)CC(=O)N(CC(=O)O)Cc1ccccc1. The molecule has 0 saturated carbocycles. The molecule has 0 saturated heterocycles. The van der Waals surface area contributed by atoms with E-state index in [0.717, 1.165) is 16.7 Å². The highest BCUT2D eigenvalue weighted by Crippen LogP contribution is 2.44. The fraction of sp³-hybridized carbons (Fsp3) is 0.344. The minimum Gasteiger partial charge on any atom is -0.480 e. The molecule has 1 atom stereocenters. The Morgan fingerprint density at radius 1 is 0.897 bits per heavy atom. The molecule has 0 spiro atoms. The molecule has 2 amide bonds. The first-order valence-corrected chi connectivity index (χ1v) is 13.4. The molecule has 3 aromatic rings. The molecule has 0 aromatic heterocycles.